The Kier molecular flexibility index (Phi) is 5.40. The Morgan fingerprint density at radius 3 is 2.71 bits per heavy atom. The number of fused-ring (bicyclic) bond motifs is 1. The van der Waals surface area contributed by atoms with Crippen molar-refractivity contribution in [2.24, 2.45) is 0 Å². The predicted molar refractivity (Wildman–Crippen MR) is 101 cm³/mol. The van der Waals surface area contributed by atoms with Crippen molar-refractivity contribution in [3.05, 3.63) is 64.9 Å². The van der Waals surface area contributed by atoms with E-state index < -0.39 is 4.87 Å². The molecule has 0 fully saturated rings. The molecular weight excluding hydrogens is 342 g/mol. The maximum absolute atomic E-state index is 13.1. The van der Waals surface area contributed by atoms with Gasteiger partial charge < -0.3 is 15.0 Å². The minimum Gasteiger partial charge on any atom is -0.784 e. The summed E-state index contributed by atoms with van der Waals surface area (Å²) >= 11 is 7.32. The number of ether oxygens (including phenoxy) is 1. The molecule has 1 aliphatic rings. The maximum Gasteiger partial charge on any atom is 0.125 e. The molecule has 128 valence electrons. The van der Waals surface area contributed by atoms with Crippen LogP contribution in [0.4, 0.5) is 0 Å². The molecule has 0 aliphatic carbocycles. The van der Waals surface area contributed by atoms with Crippen LogP contribution in [0.1, 0.15) is 37.4 Å². The van der Waals surface area contributed by atoms with Gasteiger partial charge in [-0.15, -0.1) is 11.6 Å². The van der Waals surface area contributed by atoms with Crippen molar-refractivity contribution in [3.63, 3.8) is 0 Å². The fourth-order valence-corrected chi connectivity index (χ4v) is 4.63. The normalized spacial score (nSPS) is 23.8. The Morgan fingerprint density at radius 1 is 1.21 bits per heavy atom. The molecule has 0 N–H and O–H groups in total. The van der Waals surface area contributed by atoms with Crippen LogP contribution in [0.3, 0.4) is 0 Å². The third-order valence-electron chi connectivity index (χ3n) is 4.37. The van der Waals surface area contributed by atoms with Gasteiger partial charge in [-0.3, -0.25) is 0 Å². The van der Waals surface area contributed by atoms with Crippen molar-refractivity contribution >= 4 is 23.4 Å². The molecule has 2 aromatic carbocycles. The van der Waals surface area contributed by atoms with Crippen LogP contribution in [-0.2, 0) is 4.87 Å². The van der Waals surface area contributed by atoms with Crippen LogP contribution in [0.5, 0.6) is 5.75 Å². The van der Waals surface area contributed by atoms with Crippen molar-refractivity contribution in [2.45, 2.75) is 36.1 Å². The van der Waals surface area contributed by atoms with E-state index in [4.69, 9.17) is 16.3 Å². The van der Waals surface area contributed by atoms with Crippen LogP contribution in [0.2, 0.25) is 0 Å². The molecule has 0 spiro atoms. The third kappa shape index (κ3) is 3.16. The molecule has 24 heavy (non-hydrogen) atoms. The summed E-state index contributed by atoms with van der Waals surface area (Å²) in [5, 5.41) is 14.3. The lowest BCUT2D eigenvalue weighted by molar-refractivity contribution is 0.188. The summed E-state index contributed by atoms with van der Waals surface area (Å²) in [6.45, 7) is 4.48. The molecule has 0 aromatic heterocycles. The van der Waals surface area contributed by atoms with Gasteiger partial charge in [0.2, 0.25) is 0 Å². The van der Waals surface area contributed by atoms with Crippen molar-refractivity contribution in [1.82, 2.24) is 5.06 Å². The smallest absolute Gasteiger partial charge is 0.125 e. The van der Waals surface area contributed by atoms with Crippen LogP contribution in [0.15, 0.2) is 53.4 Å². The number of rotatable bonds is 5. The van der Waals surface area contributed by atoms with Crippen LogP contribution in [-0.4, -0.2) is 17.6 Å². The Bertz CT molecular complexity index is 711. The van der Waals surface area contributed by atoms with Crippen LogP contribution >= 0.6 is 23.4 Å². The Labute approximate surface area is 152 Å². The van der Waals surface area contributed by atoms with E-state index in [1.165, 1.54) is 5.06 Å². The van der Waals surface area contributed by atoms with Gasteiger partial charge in [-0.2, -0.15) is 0 Å². The van der Waals surface area contributed by atoms with Gasteiger partial charge in [0.05, 0.1) is 11.5 Å². The first-order valence-corrected chi connectivity index (χ1v) is 9.45. The van der Waals surface area contributed by atoms with Crippen molar-refractivity contribution in [3.8, 4) is 5.75 Å². The number of hydroxylamine groups is 2. The minimum absolute atomic E-state index is 0.205. The second kappa shape index (κ2) is 7.36. The third-order valence-corrected chi connectivity index (χ3v) is 6.03. The Morgan fingerprint density at radius 2 is 1.92 bits per heavy atom. The standard InChI is InChI=1S/C19H21ClNO2S/c1-14-15-8-3-6-11-18(15)24-19(2,21(14)22)16-9-4-5-10-17(16)23-13-7-12-20/h3-6,8-11,14H,7,12-13H2,1-2H3/q-1. The first-order chi connectivity index (χ1) is 11.6. The zero-order valence-corrected chi connectivity index (χ0v) is 15.4. The first kappa shape index (κ1) is 17.6. The van der Waals surface area contributed by atoms with E-state index in [2.05, 4.69) is 6.07 Å². The average molecular weight is 363 g/mol. The van der Waals surface area contributed by atoms with E-state index in [-0.39, 0.29) is 6.04 Å². The molecule has 1 heterocycles. The highest BCUT2D eigenvalue weighted by Gasteiger charge is 2.39. The molecule has 2 atom stereocenters. The zero-order valence-electron chi connectivity index (χ0n) is 13.9. The summed E-state index contributed by atoms with van der Waals surface area (Å²) in [6, 6.07) is 15.7. The summed E-state index contributed by atoms with van der Waals surface area (Å²) in [5.74, 6) is 1.32. The fourth-order valence-electron chi connectivity index (χ4n) is 3.06. The van der Waals surface area contributed by atoms with Gasteiger partial charge in [0.25, 0.3) is 0 Å². The molecule has 1 aliphatic heterocycles. The number of alkyl halides is 1. The summed E-state index contributed by atoms with van der Waals surface area (Å²) in [6.07, 6.45) is 0.778. The highest BCUT2D eigenvalue weighted by Crippen LogP contribution is 2.54. The fraction of sp³-hybridized carbons (Fsp3) is 0.368. The topological polar surface area (TPSA) is 35.5 Å². The molecule has 0 radical (unpaired) electrons. The molecule has 3 nitrogen and oxygen atoms in total. The van der Waals surface area contributed by atoms with Gasteiger partial charge in [-0.1, -0.05) is 48.2 Å². The van der Waals surface area contributed by atoms with Crippen LogP contribution in [0.25, 0.3) is 0 Å². The van der Waals surface area contributed by atoms with Gasteiger partial charge in [-0.25, -0.2) is 0 Å². The lowest BCUT2D eigenvalue weighted by Crippen LogP contribution is -2.42. The summed E-state index contributed by atoms with van der Waals surface area (Å²) in [7, 11) is 0. The molecule has 3 rings (SSSR count). The molecule has 2 aromatic rings. The number of hydrogen-bond acceptors (Lipinski definition) is 4. The molecule has 0 amide bonds. The monoisotopic (exact) mass is 362 g/mol. The zero-order chi connectivity index (χ0) is 17.2. The maximum atomic E-state index is 13.1. The number of hydrogen-bond donors (Lipinski definition) is 0. The lowest BCUT2D eigenvalue weighted by atomic mass is 10.0. The van der Waals surface area contributed by atoms with E-state index in [1.54, 1.807) is 11.8 Å². The summed E-state index contributed by atoms with van der Waals surface area (Å²) in [4.78, 5) is 0.417. The number of para-hydroxylation sites is 1. The molecule has 0 saturated carbocycles. The quantitative estimate of drug-likeness (QED) is 0.517. The largest absolute Gasteiger partial charge is 0.784 e. The lowest BCUT2D eigenvalue weighted by Gasteiger charge is -2.53. The molecule has 0 bridgehead atoms. The second-order valence-corrected chi connectivity index (χ2v) is 7.83. The van der Waals surface area contributed by atoms with Gasteiger partial charge >= 0.3 is 0 Å². The highest BCUT2D eigenvalue weighted by atomic mass is 35.5. The molecular formula is C19H21ClNO2S-. The molecule has 0 saturated heterocycles. The number of benzene rings is 2. The Hall–Kier alpha value is -1.20. The number of halogens is 1. The van der Waals surface area contributed by atoms with Crippen molar-refractivity contribution < 1.29 is 4.74 Å². The van der Waals surface area contributed by atoms with Gasteiger partial charge in [0, 0.05) is 22.4 Å². The average Bonchev–Trinajstić information content (AvgIpc) is 2.60. The van der Waals surface area contributed by atoms with E-state index in [1.807, 2.05) is 56.3 Å². The summed E-state index contributed by atoms with van der Waals surface area (Å²) < 4.78 is 5.90. The summed E-state index contributed by atoms with van der Waals surface area (Å²) in [5.41, 5.74) is 1.98. The van der Waals surface area contributed by atoms with Crippen LogP contribution in [0, 0.1) is 5.21 Å². The SMILES string of the molecule is CC1c2ccccc2SC(C)(c2ccccc2OCCCCl)N1[O-]. The molecule has 2 unspecified atom stereocenters. The second-order valence-electron chi connectivity index (χ2n) is 6.01. The van der Waals surface area contributed by atoms with Gasteiger partial charge in [-0.05, 0) is 38.0 Å². The Balaban J connectivity index is 1.99. The van der Waals surface area contributed by atoms with Gasteiger partial charge in [0.1, 0.15) is 5.75 Å². The van der Waals surface area contributed by atoms with E-state index in [0.717, 1.165) is 28.2 Å². The van der Waals surface area contributed by atoms with Crippen molar-refractivity contribution in [1.29, 1.82) is 0 Å². The minimum atomic E-state index is -0.731. The van der Waals surface area contributed by atoms with E-state index in [0.29, 0.717) is 12.5 Å². The molecule has 5 heteroatoms. The highest BCUT2D eigenvalue weighted by molar-refractivity contribution is 8.00. The number of nitrogens with zero attached hydrogens (tertiary/aromatic N) is 1. The van der Waals surface area contributed by atoms with Gasteiger partial charge in [0.15, 0.2) is 0 Å². The van der Waals surface area contributed by atoms with Crippen LogP contribution < -0.4 is 4.74 Å². The van der Waals surface area contributed by atoms with E-state index in [9.17, 15) is 5.21 Å². The predicted octanol–water partition coefficient (Wildman–Crippen LogP) is 5.53. The van der Waals surface area contributed by atoms with E-state index >= 15 is 0 Å². The first-order valence-electron chi connectivity index (χ1n) is 8.10. The number of thioether (sulfide) groups is 1. The van der Waals surface area contributed by atoms with Crippen molar-refractivity contribution in [2.75, 3.05) is 12.5 Å².